The predicted molar refractivity (Wildman–Crippen MR) is 128 cm³/mol. The van der Waals surface area contributed by atoms with Crippen molar-refractivity contribution in [2.45, 2.75) is 38.0 Å². The third-order valence-electron chi connectivity index (χ3n) is 5.29. The molecule has 6 heteroatoms. The van der Waals surface area contributed by atoms with Crippen LogP contribution in [0.4, 0.5) is 0 Å². The van der Waals surface area contributed by atoms with Gasteiger partial charge in [0, 0.05) is 45.8 Å². The summed E-state index contributed by atoms with van der Waals surface area (Å²) in [6, 6.07) is 8.56. The Hall–Kier alpha value is -1.28. The number of aliphatic imine (C=N–C) groups is 1. The van der Waals surface area contributed by atoms with E-state index in [2.05, 4.69) is 53.1 Å². The first-order chi connectivity index (χ1) is 13.1. The van der Waals surface area contributed by atoms with Gasteiger partial charge in [-0.25, -0.2) is 0 Å². The molecule has 1 aromatic carbocycles. The van der Waals surface area contributed by atoms with Crippen molar-refractivity contribution in [3.8, 4) is 5.75 Å². The van der Waals surface area contributed by atoms with E-state index in [-0.39, 0.29) is 29.4 Å². The first-order valence-electron chi connectivity index (χ1n) is 9.99. The number of allylic oxidation sites excluding steroid dienone is 1. The molecule has 1 saturated heterocycles. The van der Waals surface area contributed by atoms with Gasteiger partial charge in [-0.1, -0.05) is 18.2 Å². The van der Waals surface area contributed by atoms with Gasteiger partial charge >= 0.3 is 0 Å². The Morgan fingerprint density at radius 2 is 2.00 bits per heavy atom. The quantitative estimate of drug-likeness (QED) is 0.181. The third kappa shape index (κ3) is 6.95. The maximum absolute atomic E-state index is 5.65. The minimum absolute atomic E-state index is 0. The van der Waals surface area contributed by atoms with Gasteiger partial charge in [-0.05, 0) is 50.3 Å². The lowest BCUT2D eigenvalue weighted by atomic mass is 9.74. The average molecular weight is 501 g/mol. The van der Waals surface area contributed by atoms with E-state index in [1.54, 1.807) is 0 Å². The van der Waals surface area contributed by atoms with Crippen molar-refractivity contribution in [1.29, 1.82) is 0 Å². The lowest BCUT2D eigenvalue weighted by Crippen LogP contribution is -2.48. The number of ether oxygens (including phenoxy) is 2. The molecule has 1 heterocycles. The highest BCUT2D eigenvalue weighted by Crippen LogP contribution is 2.35. The van der Waals surface area contributed by atoms with Crippen molar-refractivity contribution in [3.63, 3.8) is 0 Å². The van der Waals surface area contributed by atoms with E-state index in [9.17, 15) is 0 Å². The number of rotatable bonds is 9. The van der Waals surface area contributed by atoms with Gasteiger partial charge in [-0.2, -0.15) is 0 Å². The van der Waals surface area contributed by atoms with Crippen molar-refractivity contribution in [2.24, 2.45) is 4.99 Å². The maximum atomic E-state index is 5.65. The number of halogens is 1. The first kappa shape index (κ1) is 24.8. The largest absolute Gasteiger partial charge is 0.494 e. The second kappa shape index (κ2) is 13.0. The fourth-order valence-electron chi connectivity index (χ4n) is 3.61. The van der Waals surface area contributed by atoms with Crippen LogP contribution in [0, 0.1) is 0 Å². The van der Waals surface area contributed by atoms with Gasteiger partial charge in [0.1, 0.15) is 5.75 Å². The summed E-state index contributed by atoms with van der Waals surface area (Å²) >= 11 is 0. The van der Waals surface area contributed by atoms with Crippen LogP contribution in [0.5, 0.6) is 5.75 Å². The highest BCUT2D eigenvalue weighted by molar-refractivity contribution is 14.0. The van der Waals surface area contributed by atoms with Crippen LogP contribution in [0.25, 0.3) is 0 Å². The second-order valence-corrected chi connectivity index (χ2v) is 7.10. The van der Waals surface area contributed by atoms with E-state index in [1.165, 1.54) is 5.56 Å². The molecule has 1 aromatic rings. The van der Waals surface area contributed by atoms with E-state index in [1.807, 2.05) is 20.0 Å². The molecule has 28 heavy (non-hydrogen) atoms. The van der Waals surface area contributed by atoms with E-state index in [0.29, 0.717) is 6.61 Å². The Morgan fingerprint density at radius 1 is 1.32 bits per heavy atom. The monoisotopic (exact) mass is 501 g/mol. The molecule has 1 N–H and O–H groups in total. The molecule has 5 nitrogen and oxygen atoms in total. The lowest BCUT2D eigenvalue weighted by Gasteiger charge is -2.39. The molecule has 1 fully saturated rings. The van der Waals surface area contributed by atoms with Crippen molar-refractivity contribution in [3.05, 3.63) is 42.5 Å². The van der Waals surface area contributed by atoms with Crippen LogP contribution in [0.2, 0.25) is 0 Å². The van der Waals surface area contributed by atoms with E-state index >= 15 is 0 Å². The Bertz CT molecular complexity index is 598. The van der Waals surface area contributed by atoms with Crippen LogP contribution in [0.15, 0.2) is 41.9 Å². The zero-order valence-electron chi connectivity index (χ0n) is 17.6. The van der Waals surface area contributed by atoms with Crippen molar-refractivity contribution in [1.82, 2.24) is 10.2 Å². The minimum atomic E-state index is 0. The Labute approximate surface area is 187 Å². The zero-order chi connectivity index (χ0) is 19.5. The van der Waals surface area contributed by atoms with E-state index in [0.717, 1.165) is 63.7 Å². The summed E-state index contributed by atoms with van der Waals surface area (Å²) in [6.07, 6.45) is 6.08. The van der Waals surface area contributed by atoms with Crippen LogP contribution in [0.3, 0.4) is 0 Å². The van der Waals surface area contributed by atoms with Crippen molar-refractivity contribution >= 4 is 29.9 Å². The van der Waals surface area contributed by atoms with Gasteiger partial charge in [0.15, 0.2) is 5.96 Å². The summed E-state index contributed by atoms with van der Waals surface area (Å²) < 4.78 is 11.3. The van der Waals surface area contributed by atoms with Crippen LogP contribution in [-0.2, 0) is 10.2 Å². The zero-order valence-corrected chi connectivity index (χ0v) is 19.9. The topological polar surface area (TPSA) is 46.1 Å². The normalized spacial score (nSPS) is 16.0. The Morgan fingerprint density at radius 3 is 2.57 bits per heavy atom. The molecule has 0 amide bonds. The molecule has 0 atom stereocenters. The predicted octanol–water partition coefficient (Wildman–Crippen LogP) is 4.22. The molecule has 0 radical (unpaired) electrons. The number of guanidine groups is 1. The molecule has 0 unspecified atom stereocenters. The van der Waals surface area contributed by atoms with Crippen molar-refractivity contribution < 1.29 is 9.47 Å². The van der Waals surface area contributed by atoms with E-state index < -0.39 is 0 Å². The molecule has 0 aliphatic carbocycles. The lowest BCUT2D eigenvalue weighted by molar-refractivity contribution is 0.0512. The van der Waals surface area contributed by atoms with Crippen LogP contribution >= 0.6 is 24.0 Å². The fraction of sp³-hybridized carbons (Fsp3) is 0.591. The third-order valence-corrected chi connectivity index (χ3v) is 5.29. The van der Waals surface area contributed by atoms with Gasteiger partial charge < -0.3 is 19.7 Å². The Balaban J connectivity index is 0.00000392. The van der Waals surface area contributed by atoms with Crippen LogP contribution < -0.4 is 10.1 Å². The van der Waals surface area contributed by atoms with Crippen LogP contribution in [0.1, 0.15) is 38.2 Å². The van der Waals surface area contributed by atoms with Gasteiger partial charge in [-0.15, -0.1) is 30.6 Å². The van der Waals surface area contributed by atoms with Gasteiger partial charge in [-0.3, -0.25) is 4.99 Å². The number of nitrogens with one attached hydrogen (secondary N) is 1. The first-order valence-corrected chi connectivity index (χ1v) is 9.99. The highest BCUT2D eigenvalue weighted by atomic mass is 127. The minimum Gasteiger partial charge on any atom is -0.494 e. The molecule has 2 rings (SSSR count). The molecular weight excluding hydrogens is 465 g/mol. The summed E-state index contributed by atoms with van der Waals surface area (Å²) in [5, 5.41) is 3.61. The van der Waals surface area contributed by atoms with Gasteiger partial charge in [0.05, 0.1) is 6.61 Å². The summed E-state index contributed by atoms with van der Waals surface area (Å²) in [6.45, 7) is 9.89. The SMILES string of the molecule is C=CCCCN(C)C(=NC)NCC1(c2ccc(OCC)cc2)CCOCC1.I. The second-order valence-electron chi connectivity index (χ2n) is 7.10. The van der Waals surface area contributed by atoms with Crippen LogP contribution in [-0.4, -0.2) is 57.9 Å². The maximum Gasteiger partial charge on any atom is 0.193 e. The number of benzene rings is 1. The standard InChI is InChI=1S/C22H35N3O2.HI/c1-5-7-8-15-25(4)21(23-3)24-18-22(13-16-26-17-14-22)19-9-11-20(12-10-19)27-6-2;/h5,9-12H,1,6-8,13-18H2,2-4H3,(H,23,24);1H. The number of unbranched alkanes of at least 4 members (excludes halogenated alkanes) is 1. The van der Waals surface area contributed by atoms with Crippen molar-refractivity contribution in [2.75, 3.05) is 47.0 Å². The molecule has 1 aliphatic rings. The number of nitrogens with zero attached hydrogens (tertiary/aromatic N) is 2. The molecule has 0 bridgehead atoms. The molecule has 1 aliphatic heterocycles. The summed E-state index contributed by atoms with van der Waals surface area (Å²) in [4.78, 5) is 6.66. The van der Waals surface area contributed by atoms with Gasteiger partial charge in [0.2, 0.25) is 0 Å². The highest BCUT2D eigenvalue weighted by Gasteiger charge is 2.34. The Kier molecular flexibility index (Phi) is 11.5. The number of hydrogen-bond donors (Lipinski definition) is 1. The molecule has 0 saturated carbocycles. The number of hydrogen-bond acceptors (Lipinski definition) is 3. The van der Waals surface area contributed by atoms with Gasteiger partial charge in [0.25, 0.3) is 0 Å². The molecular formula is C22H36IN3O2. The molecule has 158 valence electrons. The average Bonchev–Trinajstić information content (AvgIpc) is 2.70. The summed E-state index contributed by atoms with van der Waals surface area (Å²) in [5.74, 6) is 1.87. The summed E-state index contributed by atoms with van der Waals surface area (Å²) in [5.41, 5.74) is 1.40. The van der Waals surface area contributed by atoms with E-state index in [4.69, 9.17) is 9.47 Å². The summed E-state index contributed by atoms with van der Waals surface area (Å²) in [7, 11) is 3.94. The molecule has 0 aromatic heterocycles. The fourth-order valence-corrected chi connectivity index (χ4v) is 3.61. The molecule has 0 spiro atoms. The smallest absolute Gasteiger partial charge is 0.193 e.